The highest BCUT2D eigenvalue weighted by atomic mass is 79.9. The Hall–Kier alpha value is -0.760. The van der Waals surface area contributed by atoms with Gasteiger partial charge in [0.15, 0.2) is 0 Å². The van der Waals surface area contributed by atoms with Gasteiger partial charge in [-0.3, -0.25) is 0 Å². The summed E-state index contributed by atoms with van der Waals surface area (Å²) < 4.78 is 1.17. The smallest absolute Gasteiger partial charge is 0.0457 e. The van der Waals surface area contributed by atoms with Crippen LogP contribution in [0.4, 0.5) is 0 Å². The van der Waals surface area contributed by atoms with Gasteiger partial charge in [-0.25, -0.2) is 0 Å². The van der Waals surface area contributed by atoms with Crippen LogP contribution in [-0.2, 0) is 6.42 Å². The lowest BCUT2D eigenvalue weighted by Gasteiger charge is -1.97. The summed E-state index contributed by atoms with van der Waals surface area (Å²) in [6.07, 6.45) is 6.24. The van der Waals surface area contributed by atoms with E-state index in [1.165, 1.54) is 40.2 Å². The Labute approximate surface area is 91.6 Å². The second-order valence-electron chi connectivity index (χ2n) is 4.15. The predicted octanol–water partition coefficient (Wildman–Crippen LogP) is 3.88. The van der Waals surface area contributed by atoms with Crippen molar-refractivity contribution >= 4 is 26.8 Å². The minimum absolute atomic E-state index is 0.952. The summed E-state index contributed by atoms with van der Waals surface area (Å²) in [5.74, 6) is 0.952. The fraction of sp³-hybridized carbons (Fsp3) is 0.333. The first-order valence-electron chi connectivity index (χ1n) is 5.08. The summed E-state index contributed by atoms with van der Waals surface area (Å²) in [4.78, 5) is 3.33. The van der Waals surface area contributed by atoms with E-state index in [2.05, 4.69) is 45.3 Å². The molecule has 1 aromatic heterocycles. The Morgan fingerprint density at radius 2 is 2.21 bits per heavy atom. The number of aromatic nitrogens is 1. The van der Waals surface area contributed by atoms with Gasteiger partial charge in [-0.1, -0.05) is 15.9 Å². The van der Waals surface area contributed by atoms with Gasteiger partial charge in [-0.15, -0.1) is 0 Å². The lowest BCUT2D eigenvalue weighted by atomic mass is 10.1. The highest BCUT2D eigenvalue weighted by molar-refractivity contribution is 9.10. The van der Waals surface area contributed by atoms with Crippen molar-refractivity contribution in [3.8, 4) is 0 Å². The molecule has 1 aromatic carbocycles. The third-order valence-corrected chi connectivity index (χ3v) is 3.43. The van der Waals surface area contributed by atoms with Gasteiger partial charge in [0.05, 0.1) is 0 Å². The lowest BCUT2D eigenvalue weighted by Crippen LogP contribution is -1.83. The highest BCUT2D eigenvalue weighted by Crippen LogP contribution is 2.35. The van der Waals surface area contributed by atoms with Gasteiger partial charge >= 0.3 is 0 Å². The van der Waals surface area contributed by atoms with Gasteiger partial charge in [0.1, 0.15) is 0 Å². The number of benzene rings is 1. The molecule has 1 aliphatic rings. The number of hydrogen-bond acceptors (Lipinski definition) is 0. The number of fused-ring (bicyclic) bond motifs is 1. The summed E-state index contributed by atoms with van der Waals surface area (Å²) in [5.41, 5.74) is 2.73. The molecule has 0 amide bonds. The van der Waals surface area contributed by atoms with E-state index < -0.39 is 0 Å². The Bertz CT molecular complexity index is 468. The molecule has 0 atom stereocenters. The molecule has 1 heterocycles. The SMILES string of the molecule is Brc1ccc2[nH]cc(CC3CC3)c2c1. The maximum atomic E-state index is 3.52. The topological polar surface area (TPSA) is 15.8 Å². The second-order valence-corrected chi connectivity index (χ2v) is 5.07. The van der Waals surface area contributed by atoms with Gasteiger partial charge in [0.25, 0.3) is 0 Å². The van der Waals surface area contributed by atoms with Gasteiger partial charge in [0.2, 0.25) is 0 Å². The van der Waals surface area contributed by atoms with Crippen molar-refractivity contribution in [2.45, 2.75) is 19.3 Å². The minimum atomic E-state index is 0.952. The maximum absolute atomic E-state index is 3.52. The number of rotatable bonds is 2. The van der Waals surface area contributed by atoms with E-state index in [1.54, 1.807) is 0 Å². The standard InChI is InChI=1S/C12H12BrN/c13-10-3-4-12-11(6-10)9(7-14-12)5-8-1-2-8/h3-4,6-8,14H,1-2,5H2. The summed E-state index contributed by atoms with van der Waals surface area (Å²) in [6.45, 7) is 0. The van der Waals surface area contributed by atoms with Crippen molar-refractivity contribution in [3.05, 3.63) is 34.4 Å². The van der Waals surface area contributed by atoms with Crippen LogP contribution in [0.25, 0.3) is 10.9 Å². The van der Waals surface area contributed by atoms with Crippen LogP contribution in [0.2, 0.25) is 0 Å². The van der Waals surface area contributed by atoms with E-state index in [4.69, 9.17) is 0 Å². The molecule has 1 saturated carbocycles. The highest BCUT2D eigenvalue weighted by Gasteiger charge is 2.22. The van der Waals surface area contributed by atoms with Crippen molar-refractivity contribution in [3.63, 3.8) is 0 Å². The zero-order chi connectivity index (χ0) is 9.54. The van der Waals surface area contributed by atoms with E-state index in [-0.39, 0.29) is 0 Å². The van der Waals surface area contributed by atoms with Crippen LogP contribution in [0.3, 0.4) is 0 Å². The molecule has 1 N–H and O–H groups in total. The first-order valence-corrected chi connectivity index (χ1v) is 5.88. The number of nitrogens with one attached hydrogen (secondary N) is 1. The number of aromatic amines is 1. The van der Waals surface area contributed by atoms with Crippen LogP contribution in [0.15, 0.2) is 28.9 Å². The van der Waals surface area contributed by atoms with Crippen molar-refractivity contribution < 1.29 is 0 Å². The molecule has 0 spiro atoms. The normalized spacial score (nSPS) is 16.4. The van der Waals surface area contributed by atoms with Gasteiger partial charge < -0.3 is 4.98 Å². The zero-order valence-corrected chi connectivity index (χ0v) is 9.47. The average molecular weight is 250 g/mol. The monoisotopic (exact) mass is 249 g/mol. The molecule has 0 aliphatic heterocycles. The molecule has 0 saturated heterocycles. The molecule has 0 unspecified atom stereocenters. The van der Waals surface area contributed by atoms with E-state index in [0.717, 1.165) is 5.92 Å². The zero-order valence-electron chi connectivity index (χ0n) is 7.89. The van der Waals surface area contributed by atoms with Crippen LogP contribution in [0, 0.1) is 5.92 Å². The van der Waals surface area contributed by atoms with Crippen LogP contribution in [-0.4, -0.2) is 4.98 Å². The van der Waals surface area contributed by atoms with E-state index in [9.17, 15) is 0 Å². The molecule has 1 fully saturated rings. The van der Waals surface area contributed by atoms with Gasteiger partial charge in [0, 0.05) is 21.6 Å². The molecular weight excluding hydrogens is 238 g/mol. The Morgan fingerprint density at radius 3 is 3.00 bits per heavy atom. The van der Waals surface area contributed by atoms with Crippen molar-refractivity contribution in [1.29, 1.82) is 0 Å². The minimum Gasteiger partial charge on any atom is -0.361 e. The molecule has 1 aliphatic carbocycles. The van der Waals surface area contributed by atoms with Crippen molar-refractivity contribution in [1.82, 2.24) is 4.98 Å². The summed E-state index contributed by atoms with van der Waals surface area (Å²) >= 11 is 3.52. The fourth-order valence-corrected chi connectivity index (χ4v) is 2.31. The summed E-state index contributed by atoms with van der Waals surface area (Å²) in [7, 11) is 0. The fourth-order valence-electron chi connectivity index (χ4n) is 1.95. The summed E-state index contributed by atoms with van der Waals surface area (Å²) in [5, 5.41) is 1.38. The lowest BCUT2D eigenvalue weighted by molar-refractivity contribution is 0.838. The molecule has 14 heavy (non-hydrogen) atoms. The van der Waals surface area contributed by atoms with Gasteiger partial charge in [-0.05, 0) is 48.9 Å². The largest absolute Gasteiger partial charge is 0.361 e. The number of H-pyrrole nitrogens is 1. The first kappa shape index (κ1) is 8.54. The quantitative estimate of drug-likeness (QED) is 0.832. The molecule has 0 bridgehead atoms. The van der Waals surface area contributed by atoms with Crippen LogP contribution >= 0.6 is 15.9 Å². The molecule has 2 aromatic rings. The second kappa shape index (κ2) is 3.13. The third kappa shape index (κ3) is 1.48. The van der Waals surface area contributed by atoms with Crippen molar-refractivity contribution in [2.75, 3.05) is 0 Å². The van der Waals surface area contributed by atoms with Crippen LogP contribution < -0.4 is 0 Å². The molecule has 72 valence electrons. The van der Waals surface area contributed by atoms with Crippen molar-refractivity contribution in [2.24, 2.45) is 5.92 Å². The molecule has 3 rings (SSSR count). The van der Waals surface area contributed by atoms with E-state index >= 15 is 0 Å². The third-order valence-electron chi connectivity index (χ3n) is 2.93. The molecule has 1 nitrogen and oxygen atoms in total. The molecule has 0 radical (unpaired) electrons. The molecule has 2 heteroatoms. The van der Waals surface area contributed by atoms with Crippen LogP contribution in [0.5, 0.6) is 0 Å². The van der Waals surface area contributed by atoms with E-state index in [1.807, 2.05) is 0 Å². The Kier molecular flexibility index (Phi) is 1.91. The number of halogens is 1. The van der Waals surface area contributed by atoms with Gasteiger partial charge in [-0.2, -0.15) is 0 Å². The Morgan fingerprint density at radius 1 is 1.36 bits per heavy atom. The average Bonchev–Trinajstić information content (AvgIpc) is 2.90. The predicted molar refractivity (Wildman–Crippen MR) is 62.4 cm³/mol. The number of hydrogen-bond donors (Lipinski definition) is 1. The molecular formula is C12H12BrN. The van der Waals surface area contributed by atoms with Crippen LogP contribution in [0.1, 0.15) is 18.4 Å². The first-order chi connectivity index (χ1) is 6.83. The summed E-state index contributed by atoms with van der Waals surface area (Å²) in [6, 6.07) is 6.43. The Balaban J connectivity index is 2.08. The maximum Gasteiger partial charge on any atom is 0.0457 e. The van der Waals surface area contributed by atoms with E-state index in [0.29, 0.717) is 0 Å².